The first-order valence-corrected chi connectivity index (χ1v) is 9.66. The molecule has 0 saturated heterocycles. The number of carboxylic acids is 1. The number of ether oxygens (including phenoxy) is 2. The van der Waals surface area contributed by atoms with Crippen molar-refractivity contribution in [3.8, 4) is 11.5 Å². The molecule has 0 fully saturated rings. The number of halogens is 2. The topological polar surface area (TPSA) is 102 Å². The van der Waals surface area contributed by atoms with Gasteiger partial charge < -0.3 is 19.6 Å². The molecule has 150 valence electrons. The van der Waals surface area contributed by atoms with Crippen molar-refractivity contribution in [2.24, 2.45) is 0 Å². The summed E-state index contributed by atoms with van der Waals surface area (Å²) in [6.07, 6.45) is 1.61. The summed E-state index contributed by atoms with van der Waals surface area (Å²) in [5.41, 5.74) is 0.533. The zero-order valence-electron chi connectivity index (χ0n) is 15.5. The number of carbonyl (C=O) groups is 1. The van der Waals surface area contributed by atoms with Crippen molar-refractivity contribution in [1.82, 2.24) is 9.97 Å². The number of hydrogen-bond donors (Lipinski definition) is 2. The van der Waals surface area contributed by atoms with Gasteiger partial charge in [-0.15, -0.1) is 0 Å². The largest absolute Gasteiger partial charge is 0.493 e. The van der Waals surface area contributed by atoms with Crippen LogP contribution in [0.3, 0.4) is 0 Å². The van der Waals surface area contributed by atoms with Gasteiger partial charge in [0.2, 0.25) is 0 Å². The molecule has 29 heavy (non-hydrogen) atoms. The molecular formula is C20H16BrClN2O5. The lowest BCUT2D eigenvalue weighted by Crippen LogP contribution is -2.11. The molecule has 1 heterocycles. The second-order valence-electron chi connectivity index (χ2n) is 5.91. The van der Waals surface area contributed by atoms with Crippen molar-refractivity contribution in [2.75, 3.05) is 13.7 Å². The molecule has 0 spiro atoms. The number of aromatic amines is 1. The maximum Gasteiger partial charge on any atom is 0.335 e. The average molecular weight is 480 g/mol. The monoisotopic (exact) mass is 478 g/mol. The second kappa shape index (κ2) is 8.67. The van der Waals surface area contributed by atoms with Crippen molar-refractivity contribution in [2.45, 2.75) is 6.92 Å². The van der Waals surface area contributed by atoms with Gasteiger partial charge in [0.15, 0.2) is 17.3 Å². The van der Waals surface area contributed by atoms with Crippen LogP contribution in [0.15, 0.2) is 39.6 Å². The van der Waals surface area contributed by atoms with E-state index >= 15 is 0 Å². The van der Waals surface area contributed by atoms with E-state index in [1.165, 1.54) is 25.3 Å². The van der Waals surface area contributed by atoms with E-state index in [1.807, 2.05) is 6.92 Å². The third-order valence-corrected chi connectivity index (χ3v) is 4.89. The number of H-pyrrole nitrogens is 1. The fourth-order valence-corrected chi connectivity index (χ4v) is 3.50. The van der Waals surface area contributed by atoms with E-state index in [0.717, 1.165) is 0 Å². The van der Waals surface area contributed by atoms with Crippen LogP contribution >= 0.6 is 27.5 Å². The number of nitrogens with one attached hydrogen (secondary N) is 1. The van der Waals surface area contributed by atoms with Gasteiger partial charge in [0.05, 0.1) is 39.7 Å². The Bertz CT molecular complexity index is 1190. The first kappa shape index (κ1) is 20.9. The van der Waals surface area contributed by atoms with Crippen LogP contribution in [0.4, 0.5) is 0 Å². The number of aromatic carboxylic acids is 1. The molecular weight excluding hydrogens is 464 g/mol. The number of hydrogen-bond acceptors (Lipinski definition) is 5. The van der Waals surface area contributed by atoms with E-state index in [2.05, 4.69) is 25.9 Å². The lowest BCUT2D eigenvalue weighted by atomic mass is 10.1. The molecule has 2 N–H and O–H groups in total. The molecule has 0 bridgehead atoms. The molecule has 0 aliphatic carbocycles. The molecule has 9 heteroatoms. The van der Waals surface area contributed by atoms with Gasteiger partial charge in [0.1, 0.15) is 0 Å². The fourth-order valence-electron chi connectivity index (χ4n) is 2.71. The van der Waals surface area contributed by atoms with Gasteiger partial charge in [0, 0.05) is 0 Å². The van der Waals surface area contributed by atoms with Crippen LogP contribution in [0, 0.1) is 0 Å². The molecule has 0 saturated carbocycles. The van der Waals surface area contributed by atoms with Crippen LogP contribution in [0.25, 0.3) is 22.0 Å². The Labute approximate surface area is 179 Å². The quantitative estimate of drug-likeness (QED) is 0.539. The Morgan fingerprint density at radius 1 is 1.34 bits per heavy atom. The van der Waals surface area contributed by atoms with Gasteiger partial charge in [-0.3, -0.25) is 4.79 Å². The summed E-state index contributed by atoms with van der Waals surface area (Å²) >= 11 is 9.83. The first-order chi connectivity index (χ1) is 13.8. The van der Waals surface area contributed by atoms with Crippen LogP contribution in [-0.4, -0.2) is 34.8 Å². The number of rotatable bonds is 6. The van der Waals surface area contributed by atoms with Gasteiger partial charge in [-0.2, -0.15) is 0 Å². The Balaban J connectivity index is 2.08. The summed E-state index contributed by atoms with van der Waals surface area (Å²) in [5, 5.41) is 9.59. The van der Waals surface area contributed by atoms with Crippen molar-refractivity contribution in [3.05, 3.63) is 62.1 Å². The predicted molar refractivity (Wildman–Crippen MR) is 115 cm³/mol. The Hall–Kier alpha value is -2.84. The molecule has 0 radical (unpaired) electrons. The van der Waals surface area contributed by atoms with Gasteiger partial charge >= 0.3 is 5.97 Å². The van der Waals surface area contributed by atoms with Crippen LogP contribution in [0.1, 0.15) is 28.7 Å². The van der Waals surface area contributed by atoms with Crippen LogP contribution < -0.4 is 15.0 Å². The summed E-state index contributed by atoms with van der Waals surface area (Å²) in [6, 6.07) is 7.62. The van der Waals surface area contributed by atoms with Gasteiger partial charge in [-0.05, 0) is 64.8 Å². The smallest absolute Gasteiger partial charge is 0.335 e. The molecule has 0 atom stereocenters. The molecule has 0 aliphatic heterocycles. The highest BCUT2D eigenvalue weighted by Gasteiger charge is 2.13. The van der Waals surface area contributed by atoms with Gasteiger partial charge in [0.25, 0.3) is 5.56 Å². The Morgan fingerprint density at radius 3 is 2.76 bits per heavy atom. The van der Waals surface area contributed by atoms with Crippen LogP contribution in [-0.2, 0) is 0 Å². The number of methoxy groups -OCH3 is 1. The second-order valence-corrected chi connectivity index (χ2v) is 7.17. The molecule has 3 rings (SSSR count). The minimum Gasteiger partial charge on any atom is -0.493 e. The van der Waals surface area contributed by atoms with Gasteiger partial charge in [-0.1, -0.05) is 11.6 Å². The normalized spacial score (nSPS) is 11.5. The van der Waals surface area contributed by atoms with E-state index in [1.54, 1.807) is 18.2 Å². The van der Waals surface area contributed by atoms with Crippen molar-refractivity contribution in [1.29, 1.82) is 0 Å². The predicted octanol–water partition coefficient (Wildman–Crippen LogP) is 4.53. The number of fused-ring (bicyclic) bond motifs is 1. The number of nitrogens with zero attached hydrogens (tertiary/aromatic N) is 1. The third kappa shape index (κ3) is 4.44. The van der Waals surface area contributed by atoms with E-state index in [-0.39, 0.29) is 27.3 Å². The van der Waals surface area contributed by atoms with E-state index in [9.17, 15) is 9.59 Å². The van der Waals surface area contributed by atoms with Crippen LogP contribution in [0.2, 0.25) is 0 Å². The highest BCUT2D eigenvalue weighted by atomic mass is 79.9. The van der Waals surface area contributed by atoms with E-state index in [0.29, 0.717) is 28.1 Å². The summed E-state index contributed by atoms with van der Waals surface area (Å²) in [5.74, 6) is 0.101. The molecule has 2 aromatic carbocycles. The van der Waals surface area contributed by atoms with Crippen molar-refractivity contribution >= 4 is 55.5 Å². The summed E-state index contributed by atoms with van der Waals surface area (Å²) in [6.45, 7) is 2.35. The minimum atomic E-state index is -1.11. The number of benzene rings is 2. The first-order valence-electron chi connectivity index (χ1n) is 8.49. The summed E-state index contributed by atoms with van der Waals surface area (Å²) in [4.78, 5) is 30.4. The summed E-state index contributed by atoms with van der Waals surface area (Å²) < 4.78 is 11.6. The van der Waals surface area contributed by atoms with Crippen LogP contribution in [0.5, 0.6) is 11.5 Å². The lowest BCUT2D eigenvalue weighted by Gasteiger charge is -2.12. The third-order valence-electron chi connectivity index (χ3n) is 4.01. The zero-order valence-corrected chi connectivity index (χ0v) is 17.8. The highest BCUT2D eigenvalue weighted by molar-refractivity contribution is 9.10. The molecule has 0 amide bonds. The molecule has 3 aromatic rings. The van der Waals surface area contributed by atoms with E-state index < -0.39 is 11.5 Å². The molecule has 0 unspecified atom stereocenters. The standard InChI is InChI=1S/C20H16BrClN2O5/c1-3-29-17-13(21)6-10(8-16(17)28-2)7-14(22)18-23-15-9-11(20(26)27)4-5-12(15)19(25)24-18/h4-9H,3H2,1-2H3,(H,26,27)(H,23,24,25)/b14-7-. The minimum absolute atomic E-state index is 0.0295. The maximum atomic E-state index is 12.3. The zero-order chi connectivity index (χ0) is 21.1. The van der Waals surface area contributed by atoms with Crippen molar-refractivity contribution < 1.29 is 19.4 Å². The number of aromatic nitrogens is 2. The average Bonchev–Trinajstić information content (AvgIpc) is 2.69. The van der Waals surface area contributed by atoms with Crippen molar-refractivity contribution in [3.63, 3.8) is 0 Å². The highest BCUT2D eigenvalue weighted by Crippen LogP contribution is 2.37. The molecule has 0 aliphatic rings. The SMILES string of the molecule is CCOc1c(Br)cc(/C=C(\Cl)c2nc3cc(C(=O)O)ccc3c(=O)[nH]2)cc1OC. The lowest BCUT2D eigenvalue weighted by molar-refractivity contribution is 0.0697. The molecule has 7 nitrogen and oxygen atoms in total. The number of carboxylic acid groups (broad SMARTS) is 1. The summed E-state index contributed by atoms with van der Waals surface area (Å²) in [7, 11) is 1.53. The maximum absolute atomic E-state index is 12.3. The fraction of sp³-hybridized carbons (Fsp3) is 0.150. The van der Waals surface area contributed by atoms with E-state index in [4.69, 9.17) is 26.2 Å². The Kier molecular flexibility index (Phi) is 6.24. The Morgan fingerprint density at radius 2 is 2.10 bits per heavy atom. The molecule has 1 aromatic heterocycles. The van der Waals surface area contributed by atoms with Gasteiger partial charge in [-0.25, -0.2) is 9.78 Å².